The van der Waals surface area contributed by atoms with E-state index in [4.69, 9.17) is 4.74 Å². The van der Waals surface area contributed by atoms with Gasteiger partial charge in [-0.3, -0.25) is 14.4 Å². The van der Waals surface area contributed by atoms with Crippen molar-refractivity contribution in [1.29, 1.82) is 0 Å². The molecule has 222 valence electrons. The molecule has 5 aromatic rings. The summed E-state index contributed by atoms with van der Waals surface area (Å²) in [6.07, 6.45) is 1.29. The molecule has 0 radical (unpaired) electrons. The molecule has 5 rings (SSSR count). The van der Waals surface area contributed by atoms with Crippen molar-refractivity contribution in [2.75, 3.05) is 17.7 Å². The SMILES string of the molecule is COc1ccc2nc(NC(=O)C(C)Sc3cccc(NC(=O)/C(=C/c4ccccc4F)NC(=O)c4ccccc4)c3)sc2c1. The van der Waals surface area contributed by atoms with Crippen molar-refractivity contribution < 1.29 is 23.5 Å². The average Bonchev–Trinajstić information content (AvgIpc) is 3.43. The topological polar surface area (TPSA) is 109 Å². The predicted octanol–water partition coefficient (Wildman–Crippen LogP) is 6.97. The smallest absolute Gasteiger partial charge is 0.272 e. The number of thiazole rings is 1. The molecule has 0 bridgehead atoms. The number of benzene rings is 4. The number of nitrogens with zero attached hydrogens (tertiary/aromatic N) is 1. The minimum atomic E-state index is -0.641. The van der Waals surface area contributed by atoms with Crippen molar-refractivity contribution in [2.24, 2.45) is 0 Å². The van der Waals surface area contributed by atoms with E-state index in [1.54, 1.807) is 68.6 Å². The fourth-order valence-corrected chi connectivity index (χ4v) is 5.91. The van der Waals surface area contributed by atoms with E-state index in [2.05, 4.69) is 20.9 Å². The number of aromatic nitrogens is 1. The molecule has 0 saturated carbocycles. The lowest BCUT2D eigenvalue weighted by molar-refractivity contribution is -0.115. The highest BCUT2D eigenvalue weighted by atomic mass is 32.2. The number of rotatable bonds is 10. The maximum absolute atomic E-state index is 14.4. The maximum Gasteiger partial charge on any atom is 0.272 e. The van der Waals surface area contributed by atoms with Gasteiger partial charge in [-0.15, -0.1) is 11.8 Å². The monoisotopic (exact) mass is 626 g/mol. The predicted molar refractivity (Wildman–Crippen MR) is 173 cm³/mol. The van der Waals surface area contributed by atoms with E-state index in [1.807, 2.05) is 24.3 Å². The first-order valence-corrected chi connectivity index (χ1v) is 15.1. The second-order valence-electron chi connectivity index (χ2n) is 9.48. The molecule has 0 aliphatic carbocycles. The van der Waals surface area contributed by atoms with Gasteiger partial charge >= 0.3 is 0 Å². The van der Waals surface area contributed by atoms with Crippen molar-refractivity contribution in [3.8, 4) is 5.75 Å². The fraction of sp³-hybridized carbons (Fsp3) is 0.0909. The van der Waals surface area contributed by atoms with Crippen molar-refractivity contribution >= 4 is 67.9 Å². The molecule has 3 amide bonds. The van der Waals surface area contributed by atoms with Crippen LogP contribution in [-0.2, 0) is 9.59 Å². The summed E-state index contributed by atoms with van der Waals surface area (Å²) in [5.74, 6) is -1.21. The number of amides is 3. The van der Waals surface area contributed by atoms with Gasteiger partial charge in [-0.25, -0.2) is 9.37 Å². The lowest BCUT2D eigenvalue weighted by Crippen LogP contribution is -2.30. The van der Waals surface area contributed by atoms with Crippen LogP contribution in [0.5, 0.6) is 5.75 Å². The number of hydrogen-bond donors (Lipinski definition) is 3. The Balaban J connectivity index is 1.28. The maximum atomic E-state index is 14.4. The zero-order valence-electron chi connectivity index (χ0n) is 23.7. The van der Waals surface area contributed by atoms with Crippen molar-refractivity contribution in [3.05, 3.63) is 120 Å². The van der Waals surface area contributed by atoms with E-state index < -0.39 is 22.9 Å². The second-order valence-corrected chi connectivity index (χ2v) is 11.9. The molecule has 0 aliphatic rings. The van der Waals surface area contributed by atoms with Crippen LogP contribution in [0.15, 0.2) is 108 Å². The number of halogens is 1. The molecular formula is C33H27FN4O4S2. The summed E-state index contributed by atoms with van der Waals surface area (Å²) in [6.45, 7) is 1.77. The highest BCUT2D eigenvalue weighted by Crippen LogP contribution is 2.31. The first-order chi connectivity index (χ1) is 21.3. The number of carbonyl (C=O) groups excluding carboxylic acids is 3. The molecule has 11 heteroatoms. The summed E-state index contributed by atoms with van der Waals surface area (Å²) >= 11 is 2.66. The molecule has 1 atom stereocenters. The molecular weight excluding hydrogens is 600 g/mol. The number of hydrogen-bond acceptors (Lipinski definition) is 7. The number of methoxy groups -OCH3 is 1. The number of thioether (sulfide) groups is 1. The fourth-order valence-electron chi connectivity index (χ4n) is 4.09. The molecule has 0 spiro atoms. The Kier molecular flexibility index (Phi) is 9.68. The van der Waals surface area contributed by atoms with Gasteiger partial charge in [0.2, 0.25) is 5.91 Å². The molecule has 3 N–H and O–H groups in total. The van der Waals surface area contributed by atoms with E-state index >= 15 is 0 Å². The Morgan fingerprint density at radius 3 is 2.48 bits per heavy atom. The summed E-state index contributed by atoms with van der Waals surface area (Å²) in [6, 6.07) is 26.8. The molecule has 44 heavy (non-hydrogen) atoms. The summed E-state index contributed by atoms with van der Waals surface area (Å²) in [7, 11) is 1.59. The molecule has 0 fully saturated rings. The van der Waals surface area contributed by atoms with Crippen LogP contribution in [0, 0.1) is 5.82 Å². The van der Waals surface area contributed by atoms with Gasteiger partial charge in [0.05, 0.1) is 22.6 Å². The number of fused-ring (bicyclic) bond motifs is 1. The third-order valence-electron chi connectivity index (χ3n) is 6.33. The summed E-state index contributed by atoms with van der Waals surface area (Å²) < 4.78 is 20.6. The zero-order chi connectivity index (χ0) is 31.1. The van der Waals surface area contributed by atoms with Crippen LogP contribution < -0.4 is 20.7 Å². The van der Waals surface area contributed by atoms with Crippen molar-refractivity contribution in [2.45, 2.75) is 17.1 Å². The van der Waals surface area contributed by atoms with E-state index in [9.17, 15) is 18.8 Å². The Morgan fingerprint density at radius 2 is 1.70 bits per heavy atom. The first-order valence-electron chi connectivity index (χ1n) is 13.4. The van der Waals surface area contributed by atoms with Crippen LogP contribution in [0.2, 0.25) is 0 Å². The summed E-state index contributed by atoms with van der Waals surface area (Å²) in [5.41, 5.74) is 1.54. The van der Waals surface area contributed by atoms with Crippen molar-refractivity contribution in [3.63, 3.8) is 0 Å². The Morgan fingerprint density at radius 1 is 0.932 bits per heavy atom. The number of ether oxygens (including phenoxy) is 1. The van der Waals surface area contributed by atoms with Crippen molar-refractivity contribution in [1.82, 2.24) is 10.3 Å². The van der Waals surface area contributed by atoms with Crippen LogP contribution in [0.25, 0.3) is 16.3 Å². The molecule has 1 heterocycles. The number of nitrogens with one attached hydrogen (secondary N) is 3. The zero-order valence-corrected chi connectivity index (χ0v) is 25.3. The van der Waals surface area contributed by atoms with Crippen LogP contribution >= 0.6 is 23.1 Å². The normalized spacial score (nSPS) is 11.9. The van der Waals surface area contributed by atoms with Gasteiger partial charge in [-0.2, -0.15) is 0 Å². The standard InChI is InChI=1S/C33H27FN4O4S2/c1-20(30(39)38-33-37-27-16-15-24(42-2)19-29(27)44-33)43-25-13-8-12-23(18-25)35-32(41)28(17-22-11-6-7-14-26(22)34)36-31(40)21-9-4-3-5-10-21/h3-20H,1-2H3,(H,35,41)(H,36,40)(H,37,38,39)/b28-17-. The van der Waals surface area contributed by atoms with E-state index in [1.165, 1.54) is 47.4 Å². The van der Waals surface area contributed by atoms with E-state index in [0.29, 0.717) is 22.1 Å². The summed E-state index contributed by atoms with van der Waals surface area (Å²) in [4.78, 5) is 44.4. The third kappa shape index (κ3) is 7.68. The van der Waals surface area contributed by atoms with Gasteiger partial charge < -0.3 is 20.7 Å². The van der Waals surface area contributed by atoms with Gasteiger partial charge in [-0.1, -0.05) is 53.8 Å². The molecule has 1 unspecified atom stereocenters. The van der Waals surface area contributed by atoms with Gasteiger partial charge in [0.1, 0.15) is 17.3 Å². The Bertz CT molecular complexity index is 1860. The molecule has 1 aromatic heterocycles. The van der Waals surface area contributed by atoms with Crippen LogP contribution in [0.3, 0.4) is 0 Å². The third-order valence-corrected chi connectivity index (χ3v) is 8.36. The average molecular weight is 627 g/mol. The quantitative estimate of drug-likeness (QED) is 0.114. The van der Waals surface area contributed by atoms with Gasteiger partial charge in [0.15, 0.2) is 5.13 Å². The van der Waals surface area contributed by atoms with Crippen LogP contribution in [-0.4, -0.2) is 35.1 Å². The largest absolute Gasteiger partial charge is 0.497 e. The molecule has 8 nitrogen and oxygen atoms in total. The van der Waals surface area contributed by atoms with Crippen LogP contribution in [0.1, 0.15) is 22.8 Å². The van der Waals surface area contributed by atoms with E-state index in [-0.39, 0.29) is 17.2 Å². The first kappa shape index (κ1) is 30.5. The Hall–Kier alpha value is -5.00. The van der Waals surface area contributed by atoms with Crippen LogP contribution in [0.4, 0.5) is 15.2 Å². The summed E-state index contributed by atoms with van der Waals surface area (Å²) in [5, 5.41) is 8.24. The molecule has 0 aliphatic heterocycles. The molecule has 4 aromatic carbocycles. The number of carbonyl (C=O) groups is 3. The second kappa shape index (κ2) is 14.0. The molecule has 0 saturated heterocycles. The van der Waals surface area contributed by atoms with Gasteiger partial charge in [0, 0.05) is 21.7 Å². The van der Waals surface area contributed by atoms with Gasteiger partial charge in [0.25, 0.3) is 11.8 Å². The Labute approximate surface area is 261 Å². The highest BCUT2D eigenvalue weighted by molar-refractivity contribution is 8.00. The minimum Gasteiger partial charge on any atom is -0.497 e. The highest BCUT2D eigenvalue weighted by Gasteiger charge is 2.19. The lowest BCUT2D eigenvalue weighted by Gasteiger charge is -2.14. The van der Waals surface area contributed by atoms with E-state index in [0.717, 1.165) is 15.1 Å². The van der Waals surface area contributed by atoms with Gasteiger partial charge in [-0.05, 0) is 67.6 Å². The lowest BCUT2D eigenvalue weighted by atomic mass is 10.1. The minimum absolute atomic E-state index is 0.136. The number of anilines is 2.